The molecule has 0 radical (unpaired) electrons. The van der Waals surface area contributed by atoms with Gasteiger partial charge in [-0.05, 0) is 43.0 Å². The van der Waals surface area contributed by atoms with Crippen molar-refractivity contribution < 1.29 is 8.42 Å². The number of nitrogens with two attached hydrogens (primary N) is 1. The van der Waals surface area contributed by atoms with Crippen LogP contribution in [-0.4, -0.2) is 32.8 Å². The van der Waals surface area contributed by atoms with Crippen molar-refractivity contribution in [1.29, 1.82) is 0 Å². The SMILES string of the molecule is CCS(=O)(=O)c1ccc(N2CC(N)(C3CC3)C2)cc1. The number of nitrogens with zero attached hydrogens (tertiary/aromatic N) is 1. The first-order chi connectivity index (χ1) is 8.94. The molecule has 2 fully saturated rings. The minimum absolute atomic E-state index is 0.00579. The average Bonchev–Trinajstić information content (AvgIpc) is 3.20. The first kappa shape index (κ1) is 12.9. The maximum atomic E-state index is 11.7. The molecule has 104 valence electrons. The molecule has 0 atom stereocenters. The van der Waals surface area contributed by atoms with Crippen molar-refractivity contribution in [2.75, 3.05) is 23.7 Å². The summed E-state index contributed by atoms with van der Waals surface area (Å²) in [7, 11) is -3.10. The van der Waals surface area contributed by atoms with Gasteiger partial charge < -0.3 is 10.6 Å². The van der Waals surface area contributed by atoms with Crippen molar-refractivity contribution in [2.45, 2.75) is 30.2 Å². The zero-order chi connectivity index (χ0) is 13.7. The minimum Gasteiger partial charge on any atom is -0.368 e. The fraction of sp³-hybridized carbons (Fsp3) is 0.571. The molecule has 0 spiro atoms. The van der Waals surface area contributed by atoms with Crippen LogP contribution in [0.2, 0.25) is 0 Å². The Bertz CT molecular complexity index is 570. The van der Waals surface area contributed by atoms with Gasteiger partial charge >= 0.3 is 0 Å². The molecule has 4 nitrogen and oxygen atoms in total. The summed E-state index contributed by atoms with van der Waals surface area (Å²) < 4.78 is 23.5. The lowest BCUT2D eigenvalue weighted by molar-refractivity contribution is 0.291. The molecule has 0 amide bonds. The molecule has 1 aromatic carbocycles. The van der Waals surface area contributed by atoms with Gasteiger partial charge in [-0.15, -0.1) is 0 Å². The van der Waals surface area contributed by atoms with E-state index in [9.17, 15) is 8.42 Å². The van der Waals surface area contributed by atoms with Crippen LogP contribution in [0.15, 0.2) is 29.2 Å². The summed E-state index contributed by atoms with van der Waals surface area (Å²) in [6.45, 7) is 3.44. The summed E-state index contributed by atoms with van der Waals surface area (Å²) in [5, 5.41) is 0. The third kappa shape index (κ3) is 2.25. The van der Waals surface area contributed by atoms with Crippen LogP contribution < -0.4 is 10.6 Å². The molecule has 1 heterocycles. The lowest BCUT2D eigenvalue weighted by atomic mass is 9.85. The van der Waals surface area contributed by atoms with Crippen molar-refractivity contribution in [3.05, 3.63) is 24.3 Å². The lowest BCUT2D eigenvalue weighted by Crippen LogP contribution is -2.69. The summed E-state index contributed by atoms with van der Waals surface area (Å²) in [4.78, 5) is 2.63. The third-order valence-corrected chi connectivity index (χ3v) is 6.05. The first-order valence-corrected chi connectivity index (χ1v) is 8.46. The summed E-state index contributed by atoms with van der Waals surface area (Å²) in [5.74, 6) is 0.840. The maximum absolute atomic E-state index is 11.7. The smallest absolute Gasteiger partial charge is 0.178 e. The second kappa shape index (κ2) is 4.21. The topological polar surface area (TPSA) is 63.4 Å². The summed E-state index contributed by atoms with van der Waals surface area (Å²) in [6.07, 6.45) is 2.52. The van der Waals surface area contributed by atoms with Gasteiger partial charge in [-0.2, -0.15) is 0 Å². The molecule has 0 aromatic heterocycles. The second-order valence-electron chi connectivity index (χ2n) is 5.76. The van der Waals surface area contributed by atoms with Crippen molar-refractivity contribution in [1.82, 2.24) is 0 Å². The van der Waals surface area contributed by atoms with Crippen LogP contribution in [0.4, 0.5) is 5.69 Å². The number of hydrogen-bond acceptors (Lipinski definition) is 4. The Labute approximate surface area is 114 Å². The quantitative estimate of drug-likeness (QED) is 0.905. The summed E-state index contributed by atoms with van der Waals surface area (Å²) >= 11 is 0. The summed E-state index contributed by atoms with van der Waals surface area (Å²) in [6, 6.07) is 7.16. The minimum atomic E-state index is -3.10. The van der Waals surface area contributed by atoms with Gasteiger partial charge in [0.1, 0.15) is 0 Å². The molecular formula is C14H20N2O2S. The van der Waals surface area contributed by atoms with Gasteiger partial charge in [0.05, 0.1) is 16.2 Å². The second-order valence-corrected chi connectivity index (χ2v) is 8.04. The maximum Gasteiger partial charge on any atom is 0.178 e. The Balaban J connectivity index is 1.71. The highest BCUT2D eigenvalue weighted by atomic mass is 32.2. The van der Waals surface area contributed by atoms with Crippen LogP contribution in [0.3, 0.4) is 0 Å². The fourth-order valence-corrected chi connectivity index (χ4v) is 3.68. The molecule has 1 saturated heterocycles. The zero-order valence-electron chi connectivity index (χ0n) is 11.2. The van der Waals surface area contributed by atoms with Crippen molar-refractivity contribution in [3.63, 3.8) is 0 Å². The lowest BCUT2D eigenvalue weighted by Gasteiger charge is -2.49. The average molecular weight is 280 g/mol. The largest absolute Gasteiger partial charge is 0.368 e. The number of sulfone groups is 1. The van der Waals surface area contributed by atoms with Crippen LogP contribution in [0.5, 0.6) is 0 Å². The standard InChI is InChI=1S/C14H20N2O2S/c1-2-19(17,18)13-7-5-12(6-8-13)16-9-14(15,10-16)11-3-4-11/h5-8,11H,2-4,9-10,15H2,1H3. The van der Waals surface area contributed by atoms with E-state index in [0.29, 0.717) is 10.8 Å². The van der Waals surface area contributed by atoms with Crippen LogP contribution in [0.25, 0.3) is 0 Å². The van der Waals surface area contributed by atoms with E-state index in [-0.39, 0.29) is 11.3 Å². The molecule has 2 aliphatic rings. The van der Waals surface area contributed by atoms with Crippen LogP contribution >= 0.6 is 0 Å². The number of benzene rings is 1. The highest BCUT2D eigenvalue weighted by molar-refractivity contribution is 7.91. The molecule has 1 saturated carbocycles. The normalized spacial score (nSPS) is 22.1. The Morgan fingerprint density at radius 2 is 1.84 bits per heavy atom. The molecule has 0 unspecified atom stereocenters. The van der Waals surface area contributed by atoms with Gasteiger partial charge in [-0.25, -0.2) is 8.42 Å². The monoisotopic (exact) mass is 280 g/mol. The van der Waals surface area contributed by atoms with Crippen LogP contribution in [-0.2, 0) is 9.84 Å². The number of rotatable bonds is 4. The zero-order valence-corrected chi connectivity index (χ0v) is 12.0. The van der Waals surface area contributed by atoms with E-state index < -0.39 is 9.84 Å². The molecule has 5 heteroatoms. The Morgan fingerprint density at radius 1 is 1.26 bits per heavy atom. The van der Waals surface area contributed by atoms with Gasteiger partial charge in [-0.3, -0.25) is 0 Å². The molecule has 19 heavy (non-hydrogen) atoms. The van der Waals surface area contributed by atoms with E-state index in [0.717, 1.165) is 18.8 Å². The summed E-state index contributed by atoms with van der Waals surface area (Å²) in [5.41, 5.74) is 7.38. The van der Waals surface area contributed by atoms with Gasteiger partial charge in [0.15, 0.2) is 9.84 Å². The Kier molecular flexibility index (Phi) is 2.87. The van der Waals surface area contributed by atoms with Gasteiger partial charge in [0.2, 0.25) is 0 Å². The van der Waals surface area contributed by atoms with E-state index in [1.807, 2.05) is 12.1 Å². The van der Waals surface area contributed by atoms with Crippen molar-refractivity contribution in [3.8, 4) is 0 Å². The van der Waals surface area contributed by atoms with E-state index in [4.69, 9.17) is 5.73 Å². The highest BCUT2D eigenvalue weighted by Gasteiger charge is 2.50. The van der Waals surface area contributed by atoms with Crippen molar-refractivity contribution in [2.24, 2.45) is 11.7 Å². The van der Waals surface area contributed by atoms with Gasteiger partial charge in [0.25, 0.3) is 0 Å². The van der Waals surface area contributed by atoms with Crippen LogP contribution in [0, 0.1) is 5.92 Å². The molecule has 2 N–H and O–H groups in total. The third-order valence-electron chi connectivity index (χ3n) is 4.30. The molecule has 1 aromatic rings. The van der Waals surface area contributed by atoms with Crippen molar-refractivity contribution >= 4 is 15.5 Å². The van der Waals surface area contributed by atoms with E-state index in [1.165, 1.54) is 12.8 Å². The molecule has 1 aliphatic carbocycles. The van der Waals surface area contributed by atoms with Gasteiger partial charge in [0, 0.05) is 18.8 Å². The Morgan fingerprint density at radius 3 is 2.32 bits per heavy atom. The first-order valence-electron chi connectivity index (χ1n) is 6.81. The van der Waals surface area contributed by atoms with Gasteiger partial charge in [-0.1, -0.05) is 6.92 Å². The molecule has 0 bridgehead atoms. The van der Waals surface area contributed by atoms with E-state index in [1.54, 1.807) is 19.1 Å². The molecule has 3 rings (SSSR count). The highest BCUT2D eigenvalue weighted by Crippen LogP contribution is 2.44. The number of anilines is 1. The predicted octanol–water partition coefficient (Wildman–Crippen LogP) is 1.41. The number of hydrogen-bond donors (Lipinski definition) is 1. The van der Waals surface area contributed by atoms with Crippen LogP contribution in [0.1, 0.15) is 19.8 Å². The predicted molar refractivity (Wildman–Crippen MR) is 76.0 cm³/mol. The van der Waals surface area contributed by atoms with E-state index in [2.05, 4.69) is 4.90 Å². The molecular weight excluding hydrogens is 260 g/mol. The molecule has 1 aliphatic heterocycles. The van der Waals surface area contributed by atoms with E-state index >= 15 is 0 Å². The fourth-order valence-electron chi connectivity index (χ4n) is 2.79. The Hall–Kier alpha value is -1.07.